The van der Waals surface area contributed by atoms with Gasteiger partial charge in [-0.3, -0.25) is 0 Å². The minimum Gasteiger partial charge on any atom is -0.495 e. The van der Waals surface area contributed by atoms with Crippen molar-refractivity contribution in [2.24, 2.45) is 0 Å². The molecule has 0 amide bonds. The highest BCUT2D eigenvalue weighted by atomic mass is 35.5. The molecule has 0 aliphatic heterocycles. The van der Waals surface area contributed by atoms with Crippen LogP contribution in [0.4, 0.5) is 0 Å². The molecule has 4 aromatic rings. The monoisotopic (exact) mass is 492 g/mol. The summed E-state index contributed by atoms with van der Waals surface area (Å²) >= 11 is 20.4. The molecule has 2 heterocycles. The van der Waals surface area contributed by atoms with Crippen LogP contribution in [0.25, 0.3) is 34.0 Å². The average Bonchev–Trinajstić information content (AvgIpc) is 3.11. The third kappa shape index (κ3) is 4.06. The lowest BCUT2D eigenvalue weighted by Crippen LogP contribution is -1.99. The molecule has 31 heavy (non-hydrogen) atoms. The largest absolute Gasteiger partial charge is 0.495 e. The van der Waals surface area contributed by atoms with Crippen LogP contribution in [0.3, 0.4) is 0 Å². The maximum atomic E-state index is 11.2. The second-order valence-electron chi connectivity index (χ2n) is 6.32. The van der Waals surface area contributed by atoms with Gasteiger partial charge < -0.3 is 9.94 Å². The molecule has 0 saturated heterocycles. The van der Waals surface area contributed by atoms with Crippen LogP contribution in [-0.4, -0.2) is 38.3 Å². The number of hydrogen-bond donors (Lipinski definition) is 1. The number of nitrogens with zero attached hydrogens (tertiary/aromatic N) is 4. The van der Waals surface area contributed by atoms with Gasteiger partial charge in [-0.15, -0.1) is 0 Å². The topological polar surface area (TPSA) is 73.1 Å². The Morgan fingerprint density at radius 1 is 1.00 bits per heavy atom. The van der Waals surface area contributed by atoms with E-state index in [0.717, 1.165) is 4.73 Å². The van der Waals surface area contributed by atoms with E-state index in [1.807, 2.05) is 6.26 Å². The Morgan fingerprint density at radius 2 is 1.74 bits per heavy atom. The smallest absolute Gasteiger partial charge is 0.187 e. The molecule has 0 saturated carbocycles. The summed E-state index contributed by atoms with van der Waals surface area (Å²) in [7, 11) is 1.52. The van der Waals surface area contributed by atoms with Crippen molar-refractivity contribution in [1.29, 1.82) is 0 Å². The van der Waals surface area contributed by atoms with Gasteiger partial charge in [0.05, 0.1) is 33.4 Å². The summed E-state index contributed by atoms with van der Waals surface area (Å²) in [5.74, 6) is 0.634. The number of aromatic nitrogens is 4. The number of imidazole rings is 1. The number of hydrogen-bond acceptors (Lipinski definition) is 6. The van der Waals surface area contributed by atoms with E-state index in [4.69, 9.17) is 39.5 Å². The summed E-state index contributed by atoms with van der Waals surface area (Å²) in [5, 5.41) is 12.9. The Morgan fingerprint density at radius 3 is 2.42 bits per heavy atom. The van der Waals surface area contributed by atoms with Crippen LogP contribution in [-0.2, 0) is 0 Å². The van der Waals surface area contributed by atoms with Crippen molar-refractivity contribution >= 4 is 46.6 Å². The highest BCUT2D eigenvalue weighted by Gasteiger charge is 2.25. The molecule has 0 aliphatic carbocycles. The Labute approximate surface area is 197 Å². The van der Waals surface area contributed by atoms with Gasteiger partial charge in [-0.05, 0) is 36.6 Å². The van der Waals surface area contributed by atoms with Crippen LogP contribution >= 0.6 is 46.6 Å². The molecule has 0 aliphatic rings. The highest BCUT2D eigenvalue weighted by Crippen LogP contribution is 2.41. The third-order valence-corrected chi connectivity index (χ3v) is 6.03. The normalized spacial score (nSPS) is 11.0. The molecule has 0 spiro atoms. The first kappa shape index (κ1) is 21.8. The van der Waals surface area contributed by atoms with E-state index >= 15 is 0 Å². The quantitative estimate of drug-likeness (QED) is 0.192. The number of rotatable bonds is 5. The summed E-state index contributed by atoms with van der Waals surface area (Å²) in [5.41, 5.74) is 2.36. The Bertz CT molecular complexity index is 1260. The predicted molar refractivity (Wildman–Crippen MR) is 125 cm³/mol. The first-order valence-electron chi connectivity index (χ1n) is 8.92. The number of benzene rings is 2. The second kappa shape index (κ2) is 8.96. The van der Waals surface area contributed by atoms with Gasteiger partial charge in [0.25, 0.3) is 0 Å². The van der Waals surface area contributed by atoms with Gasteiger partial charge in [-0.1, -0.05) is 58.7 Å². The van der Waals surface area contributed by atoms with Gasteiger partial charge in [0.2, 0.25) is 0 Å². The minimum atomic E-state index is 0.179. The first-order valence-corrected chi connectivity index (χ1v) is 11.3. The molecular formula is C21H15Cl3N4O2S. The van der Waals surface area contributed by atoms with E-state index in [9.17, 15) is 5.21 Å². The molecule has 0 radical (unpaired) electrons. The van der Waals surface area contributed by atoms with Crippen LogP contribution in [0.2, 0.25) is 15.1 Å². The molecular weight excluding hydrogens is 479 g/mol. The molecule has 2 aromatic heterocycles. The lowest BCUT2D eigenvalue weighted by molar-refractivity contribution is 0.195. The maximum Gasteiger partial charge on any atom is 0.187 e. The molecule has 1 N–H and O–H groups in total. The van der Waals surface area contributed by atoms with Gasteiger partial charge in [0.1, 0.15) is 17.1 Å². The summed E-state index contributed by atoms with van der Waals surface area (Å²) in [4.78, 5) is 13.4. The molecule has 2 aromatic carbocycles. The van der Waals surface area contributed by atoms with E-state index in [2.05, 4.69) is 15.0 Å². The zero-order valence-corrected chi connectivity index (χ0v) is 19.4. The van der Waals surface area contributed by atoms with Crippen LogP contribution in [0.15, 0.2) is 53.8 Å². The maximum absolute atomic E-state index is 11.2. The van der Waals surface area contributed by atoms with Crippen LogP contribution < -0.4 is 4.74 Å². The third-order valence-electron chi connectivity index (χ3n) is 4.52. The minimum absolute atomic E-state index is 0.179. The summed E-state index contributed by atoms with van der Waals surface area (Å²) in [6, 6.07) is 12.0. The Kier molecular flexibility index (Phi) is 6.29. The highest BCUT2D eigenvalue weighted by molar-refractivity contribution is 7.98. The van der Waals surface area contributed by atoms with Crippen LogP contribution in [0.1, 0.15) is 0 Å². The van der Waals surface area contributed by atoms with E-state index < -0.39 is 0 Å². The molecule has 0 atom stereocenters. The standard InChI is InChI=1S/C21H15Cl3N4O2S/c1-30-16-10-11(6-7-12(16)22)19-18(15-8-9-25-21(26-15)31-2)27-20(28(19)29)17-13(23)4-3-5-14(17)24/h3-10,29H,1-2H3. The van der Waals surface area contributed by atoms with E-state index in [1.54, 1.807) is 48.7 Å². The van der Waals surface area contributed by atoms with Gasteiger partial charge in [0.15, 0.2) is 11.0 Å². The lowest BCUT2D eigenvalue weighted by atomic mass is 10.1. The zero-order chi connectivity index (χ0) is 22.1. The van der Waals surface area contributed by atoms with Gasteiger partial charge in [0, 0.05) is 11.8 Å². The van der Waals surface area contributed by atoms with E-state index in [-0.39, 0.29) is 5.82 Å². The van der Waals surface area contributed by atoms with Crippen molar-refractivity contribution < 1.29 is 9.94 Å². The van der Waals surface area contributed by atoms with Crippen LogP contribution in [0.5, 0.6) is 5.75 Å². The lowest BCUT2D eigenvalue weighted by Gasteiger charge is -2.10. The molecule has 10 heteroatoms. The van der Waals surface area contributed by atoms with Crippen LogP contribution in [0, 0.1) is 0 Å². The molecule has 0 fully saturated rings. The number of methoxy groups -OCH3 is 1. The molecule has 0 bridgehead atoms. The Hall–Kier alpha value is -2.45. The van der Waals surface area contributed by atoms with Gasteiger partial charge >= 0.3 is 0 Å². The van der Waals surface area contributed by atoms with Crippen molar-refractivity contribution in [1.82, 2.24) is 19.7 Å². The predicted octanol–water partition coefficient (Wildman–Crippen LogP) is 6.60. The van der Waals surface area contributed by atoms with Crippen molar-refractivity contribution in [3.8, 4) is 39.8 Å². The van der Waals surface area contributed by atoms with E-state index in [1.165, 1.54) is 18.9 Å². The SMILES string of the molecule is COc1cc(-c2c(-c3ccnc(SC)n3)nc(-c3c(Cl)cccc3Cl)n2O)ccc1Cl. The summed E-state index contributed by atoms with van der Waals surface area (Å²) in [6.45, 7) is 0. The molecule has 158 valence electrons. The number of thioether (sulfide) groups is 1. The van der Waals surface area contributed by atoms with Gasteiger partial charge in [-0.2, -0.15) is 4.73 Å². The van der Waals surface area contributed by atoms with Crippen molar-refractivity contribution in [3.05, 3.63) is 63.7 Å². The van der Waals surface area contributed by atoms with E-state index in [0.29, 0.717) is 54.2 Å². The Balaban J connectivity index is 2.03. The van der Waals surface area contributed by atoms with Gasteiger partial charge in [-0.25, -0.2) is 15.0 Å². The first-order chi connectivity index (χ1) is 14.9. The fourth-order valence-electron chi connectivity index (χ4n) is 3.10. The zero-order valence-electron chi connectivity index (χ0n) is 16.3. The van der Waals surface area contributed by atoms with Crippen molar-refractivity contribution in [3.63, 3.8) is 0 Å². The second-order valence-corrected chi connectivity index (χ2v) is 8.31. The number of ether oxygens (including phenoxy) is 1. The molecule has 0 unspecified atom stereocenters. The van der Waals surface area contributed by atoms with Crippen molar-refractivity contribution in [2.75, 3.05) is 13.4 Å². The fraction of sp³-hybridized carbons (Fsp3) is 0.0952. The summed E-state index contributed by atoms with van der Waals surface area (Å²) in [6.07, 6.45) is 3.52. The average molecular weight is 494 g/mol. The number of halogens is 3. The fourth-order valence-corrected chi connectivity index (χ4v) is 4.22. The molecule has 4 rings (SSSR count). The molecule has 6 nitrogen and oxygen atoms in total. The van der Waals surface area contributed by atoms with Crippen molar-refractivity contribution in [2.45, 2.75) is 5.16 Å². The summed E-state index contributed by atoms with van der Waals surface area (Å²) < 4.78 is 6.29.